The first kappa shape index (κ1) is 10.3. The molecule has 0 radical (unpaired) electrons. The second kappa shape index (κ2) is 3.84. The van der Waals surface area contributed by atoms with Crippen molar-refractivity contribution in [1.29, 1.82) is 0 Å². The summed E-state index contributed by atoms with van der Waals surface area (Å²) in [7, 11) is 0. The first-order valence-corrected chi connectivity index (χ1v) is 5.92. The third-order valence-corrected chi connectivity index (χ3v) is 3.33. The number of Topliss-reactive ketones (excluding diaryl/α,β-unsaturated/α-hetero) is 1. The Labute approximate surface area is 100 Å². The molecule has 2 aromatic rings. The van der Waals surface area contributed by atoms with Crippen LogP contribution in [0.2, 0.25) is 0 Å². The second-order valence-electron chi connectivity index (χ2n) is 4.46. The molecular formula is C14H14N2O. The fourth-order valence-electron chi connectivity index (χ4n) is 2.58. The lowest BCUT2D eigenvalue weighted by Gasteiger charge is -2.15. The third kappa shape index (κ3) is 1.58. The van der Waals surface area contributed by atoms with E-state index >= 15 is 0 Å². The molecule has 0 aromatic carbocycles. The molecule has 2 heterocycles. The van der Waals surface area contributed by atoms with E-state index in [1.54, 1.807) is 12.4 Å². The highest BCUT2D eigenvalue weighted by Crippen LogP contribution is 2.27. The van der Waals surface area contributed by atoms with Gasteiger partial charge in [-0.25, -0.2) is 0 Å². The Morgan fingerprint density at radius 1 is 1.24 bits per heavy atom. The molecule has 3 nitrogen and oxygen atoms in total. The average Bonchev–Trinajstić information content (AvgIpc) is 2.68. The molecule has 17 heavy (non-hydrogen) atoms. The van der Waals surface area contributed by atoms with Crippen LogP contribution in [0.1, 0.15) is 34.6 Å². The summed E-state index contributed by atoms with van der Waals surface area (Å²) in [4.78, 5) is 15.9. The van der Waals surface area contributed by atoms with Gasteiger partial charge in [-0.2, -0.15) is 0 Å². The predicted molar refractivity (Wildman–Crippen MR) is 65.6 cm³/mol. The number of carbonyl (C=O) groups is 1. The summed E-state index contributed by atoms with van der Waals surface area (Å²) in [6.45, 7) is 2.05. The number of hydrogen-bond donors (Lipinski definition) is 0. The summed E-state index contributed by atoms with van der Waals surface area (Å²) in [6.07, 6.45) is 6.20. The lowest BCUT2D eigenvalue weighted by Crippen LogP contribution is -2.12. The minimum Gasteiger partial charge on any atom is -0.317 e. The number of pyridine rings is 1. The summed E-state index contributed by atoms with van der Waals surface area (Å²) in [5.41, 5.74) is 4.28. The molecule has 0 bridgehead atoms. The minimum absolute atomic E-state index is 0.280. The molecule has 0 saturated heterocycles. The normalized spacial score (nSPS) is 14.8. The third-order valence-electron chi connectivity index (χ3n) is 3.33. The molecule has 0 atom stereocenters. The number of ketones is 1. The maximum Gasteiger partial charge on any atom is 0.164 e. The maximum absolute atomic E-state index is 11.9. The average molecular weight is 226 g/mol. The highest BCUT2D eigenvalue weighted by molar-refractivity contribution is 5.98. The standard InChI is InChI=1S/C14H14N2O/c1-10-9-12-13(3-2-4-14(12)17)16(10)11-5-7-15-8-6-11/h5-9H,2-4H2,1H3. The van der Waals surface area contributed by atoms with Crippen LogP contribution < -0.4 is 0 Å². The van der Waals surface area contributed by atoms with Crippen molar-refractivity contribution < 1.29 is 4.79 Å². The van der Waals surface area contributed by atoms with Crippen LogP contribution in [-0.2, 0) is 6.42 Å². The van der Waals surface area contributed by atoms with E-state index in [2.05, 4.69) is 9.55 Å². The van der Waals surface area contributed by atoms with E-state index in [4.69, 9.17) is 0 Å². The quantitative estimate of drug-likeness (QED) is 0.749. The maximum atomic E-state index is 11.9. The Bertz CT molecular complexity index is 569. The number of fused-ring (bicyclic) bond motifs is 1. The smallest absolute Gasteiger partial charge is 0.164 e. The molecule has 0 amide bonds. The Morgan fingerprint density at radius 3 is 2.76 bits per heavy atom. The Hall–Kier alpha value is -1.90. The van der Waals surface area contributed by atoms with Gasteiger partial charge in [0.05, 0.1) is 0 Å². The van der Waals surface area contributed by atoms with Crippen LogP contribution in [0, 0.1) is 6.92 Å². The minimum atomic E-state index is 0.280. The molecule has 86 valence electrons. The van der Waals surface area contributed by atoms with Gasteiger partial charge in [0.25, 0.3) is 0 Å². The summed E-state index contributed by atoms with van der Waals surface area (Å²) in [6, 6.07) is 5.97. The number of carbonyl (C=O) groups excluding carboxylic acids is 1. The topological polar surface area (TPSA) is 34.9 Å². The molecule has 3 heteroatoms. The monoisotopic (exact) mass is 226 g/mol. The predicted octanol–water partition coefficient (Wildman–Crippen LogP) is 2.70. The lowest BCUT2D eigenvalue weighted by atomic mass is 9.96. The van der Waals surface area contributed by atoms with Crippen LogP contribution in [0.5, 0.6) is 0 Å². The van der Waals surface area contributed by atoms with Crippen molar-refractivity contribution in [3.05, 3.63) is 47.5 Å². The van der Waals surface area contributed by atoms with Gasteiger partial charge in [-0.3, -0.25) is 9.78 Å². The molecule has 0 fully saturated rings. The van der Waals surface area contributed by atoms with Gasteiger partial charge in [-0.15, -0.1) is 0 Å². The van der Waals surface area contributed by atoms with Crippen LogP contribution in [0.4, 0.5) is 0 Å². The lowest BCUT2D eigenvalue weighted by molar-refractivity contribution is 0.0972. The van der Waals surface area contributed by atoms with Crippen molar-refractivity contribution in [2.75, 3.05) is 0 Å². The molecule has 0 saturated carbocycles. The van der Waals surface area contributed by atoms with E-state index in [1.807, 2.05) is 25.1 Å². The second-order valence-corrected chi connectivity index (χ2v) is 4.46. The van der Waals surface area contributed by atoms with E-state index < -0.39 is 0 Å². The number of aryl methyl sites for hydroxylation is 1. The van der Waals surface area contributed by atoms with E-state index in [9.17, 15) is 4.79 Å². The summed E-state index contributed by atoms with van der Waals surface area (Å²) in [5, 5.41) is 0. The number of nitrogens with zero attached hydrogens (tertiary/aromatic N) is 2. The van der Waals surface area contributed by atoms with Gasteiger partial charge >= 0.3 is 0 Å². The van der Waals surface area contributed by atoms with Gasteiger partial charge < -0.3 is 4.57 Å². The zero-order chi connectivity index (χ0) is 11.8. The van der Waals surface area contributed by atoms with Crippen molar-refractivity contribution in [1.82, 2.24) is 9.55 Å². The number of rotatable bonds is 1. The van der Waals surface area contributed by atoms with Crippen LogP contribution in [0.25, 0.3) is 5.69 Å². The van der Waals surface area contributed by atoms with Crippen molar-refractivity contribution in [3.8, 4) is 5.69 Å². The number of aromatic nitrogens is 2. The molecule has 3 rings (SSSR count). The van der Waals surface area contributed by atoms with E-state index in [0.717, 1.165) is 35.5 Å². The largest absolute Gasteiger partial charge is 0.317 e. The SMILES string of the molecule is Cc1cc2c(n1-c1ccncc1)CCCC2=O. The molecule has 1 aliphatic carbocycles. The molecule has 0 spiro atoms. The van der Waals surface area contributed by atoms with Gasteiger partial charge in [-0.05, 0) is 38.0 Å². The van der Waals surface area contributed by atoms with Crippen molar-refractivity contribution in [3.63, 3.8) is 0 Å². The highest BCUT2D eigenvalue weighted by Gasteiger charge is 2.22. The molecule has 0 unspecified atom stereocenters. The van der Waals surface area contributed by atoms with Crippen LogP contribution in [-0.4, -0.2) is 15.3 Å². The molecule has 2 aromatic heterocycles. The Morgan fingerprint density at radius 2 is 2.00 bits per heavy atom. The first-order valence-electron chi connectivity index (χ1n) is 5.92. The number of hydrogen-bond acceptors (Lipinski definition) is 2. The van der Waals surface area contributed by atoms with Gasteiger partial charge in [0, 0.05) is 41.5 Å². The molecule has 1 aliphatic rings. The van der Waals surface area contributed by atoms with Crippen LogP contribution in [0.15, 0.2) is 30.6 Å². The Balaban J connectivity index is 2.21. The van der Waals surface area contributed by atoms with Crippen LogP contribution in [0.3, 0.4) is 0 Å². The van der Waals surface area contributed by atoms with Gasteiger partial charge in [0.2, 0.25) is 0 Å². The molecule has 0 N–H and O–H groups in total. The fraction of sp³-hybridized carbons (Fsp3) is 0.286. The summed E-state index contributed by atoms with van der Waals surface area (Å²) in [5.74, 6) is 0.280. The summed E-state index contributed by atoms with van der Waals surface area (Å²) < 4.78 is 2.17. The van der Waals surface area contributed by atoms with Gasteiger partial charge in [0.1, 0.15) is 0 Å². The van der Waals surface area contributed by atoms with Crippen molar-refractivity contribution >= 4 is 5.78 Å². The first-order chi connectivity index (χ1) is 8.27. The highest BCUT2D eigenvalue weighted by atomic mass is 16.1. The van der Waals surface area contributed by atoms with E-state index in [1.165, 1.54) is 0 Å². The van der Waals surface area contributed by atoms with E-state index in [0.29, 0.717) is 6.42 Å². The molecule has 0 aliphatic heterocycles. The zero-order valence-corrected chi connectivity index (χ0v) is 9.81. The zero-order valence-electron chi connectivity index (χ0n) is 9.81. The Kier molecular flexibility index (Phi) is 2.32. The molecular weight excluding hydrogens is 212 g/mol. The van der Waals surface area contributed by atoms with Crippen molar-refractivity contribution in [2.45, 2.75) is 26.2 Å². The van der Waals surface area contributed by atoms with Gasteiger partial charge in [-0.1, -0.05) is 0 Å². The fourth-order valence-corrected chi connectivity index (χ4v) is 2.58. The van der Waals surface area contributed by atoms with Gasteiger partial charge in [0.15, 0.2) is 5.78 Å². The summed E-state index contributed by atoms with van der Waals surface area (Å²) >= 11 is 0. The van der Waals surface area contributed by atoms with Crippen molar-refractivity contribution in [2.24, 2.45) is 0 Å². The van der Waals surface area contributed by atoms with Crippen LogP contribution >= 0.6 is 0 Å². The van der Waals surface area contributed by atoms with E-state index in [-0.39, 0.29) is 5.78 Å².